The van der Waals surface area contributed by atoms with Gasteiger partial charge < -0.3 is 16.0 Å². The van der Waals surface area contributed by atoms with Crippen molar-refractivity contribution in [2.45, 2.75) is 39.7 Å². The highest BCUT2D eigenvalue weighted by Crippen LogP contribution is 2.26. The number of aryl methyl sites for hydroxylation is 1. The lowest BCUT2D eigenvalue weighted by molar-refractivity contribution is -0.119. The molecule has 0 unspecified atom stereocenters. The first-order valence-corrected chi connectivity index (χ1v) is 7.93. The molecule has 0 aliphatic carbocycles. The van der Waals surface area contributed by atoms with E-state index in [9.17, 15) is 4.79 Å². The van der Waals surface area contributed by atoms with E-state index in [1.54, 1.807) is 0 Å². The molecule has 0 radical (unpaired) electrons. The van der Waals surface area contributed by atoms with E-state index in [-0.39, 0.29) is 5.91 Å². The van der Waals surface area contributed by atoms with E-state index in [1.165, 1.54) is 16.8 Å². The Kier molecular flexibility index (Phi) is 5.62. The Balaban J connectivity index is 1.94. The van der Waals surface area contributed by atoms with Gasteiger partial charge in [0.25, 0.3) is 0 Å². The molecule has 116 valence electrons. The minimum atomic E-state index is -0.169. The lowest BCUT2D eigenvalue weighted by Gasteiger charge is -2.33. The fourth-order valence-electron chi connectivity index (χ4n) is 3.01. The van der Waals surface area contributed by atoms with Crippen LogP contribution in [0.1, 0.15) is 37.3 Å². The number of nitrogens with two attached hydrogens (primary N) is 1. The maximum absolute atomic E-state index is 11.0. The number of anilines is 1. The Labute approximate surface area is 127 Å². The van der Waals surface area contributed by atoms with E-state index in [4.69, 9.17) is 5.73 Å². The minimum absolute atomic E-state index is 0.169. The van der Waals surface area contributed by atoms with Crippen molar-refractivity contribution < 1.29 is 4.79 Å². The summed E-state index contributed by atoms with van der Waals surface area (Å²) in [7, 11) is 0. The number of hydrogen-bond acceptors (Lipinski definition) is 3. The summed E-state index contributed by atoms with van der Waals surface area (Å²) in [5.41, 5.74) is 9.29. The third-order valence-corrected chi connectivity index (χ3v) is 4.36. The highest BCUT2D eigenvalue weighted by Gasteiger charge is 2.21. The van der Waals surface area contributed by atoms with Crippen LogP contribution in [0.4, 0.5) is 5.69 Å². The van der Waals surface area contributed by atoms with Crippen molar-refractivity contribution in [3.63, 3.8) is 0 Å². The van der Waals surface area contributed by atoms with Crippen LogP contribution in [-0.2, 0) is 11.3 Å². The summed E-state index contributed by atoms with van der Waals surface area (Å²) in [6.07, 6.45) is 2.65. The average Bonchev–Trinajstić information content (AvgIpc) is 2.46. The molecule has 0 aromatic heterocycles. The molecule has 2 rings (SSSR count). The summed E-state index contributed by atoms with van der Waals surface area (Å²) in [5.74, 6) is 0.296. The SMILES string of the molecule is CCNCc1ccc(N2CCC(CC(N)=O)CC2)cc1C. The Morgan fingerprint density at radius 1 is 1.38 bits per heavy atom. The zero-order chi connectivity index (χ0) is 15.2. The van der Waals surface area contributed by atoms with E-state index < -0.39 is 0 Å². The molecule has 1 heterocycles. The summed E-state index contributed by atoms with van der Waals surface area (Å²) < 4.78 is 0. The molecule has 1 amide bonds. The number of carbonyl (C=O) groups is 1. The number of hydrogen-bond donors (Lipinski definition) is 2. The van der Waals surface area contributed by atoms with Crippen LogP contribution in [0.3, 0.4) is 0 Å². The van der Waals surface area contributed by atoms with Crippen molar-refractivity contribution in [2.75, 3.05) is 24.5 Å². The summed E-state index contributed by atoms with van der Waals surface area (Å²) in [6.45, 7) is 8.27. The van der Waals surface area contributed by atoms with Gasteiger partial charge in [-0.15, -0.1) is 0 Å². The Morgan fingerprint density at radius 3 is 2.67 bits per heavy atom. The smallest absolute Gasteiger partial charge is 0.217 e. The first-order chi connectivity index (χ1) is 10.1. The lowest BCUT2D eigenvalue weighted by Crippen LogP contribution is -2.35. The van der Waals surface area contributed by atoms with Gasteiger partial charge in [0.2, 0.25) is 5.91 Å². The van der Waals surface area contributed by atoms with Gasteiger partial charge in [0, 0.05) is 31.7 Å². The van der Waals surface area contributed by atoms with Gasteiger partial charge in [-0.1, -0.05) is 13.0 Å². The summed E-state index contributed by atoms with van der Waals surface area (Å²) in [5, 5.41) is 3.37. The van der Waals surface area contributed by atoms with Crippen LogP contribution in [0.25, 0.3) is 0 Å². The topological polar surface area (TPSA) is 58.4 Å². The van der Waals surface area contributed by atoms with Crippen molar-refractivity contribution in [2.24, 2.45) is 11.7 Å². The van der Waals surface area contributed by atoms with Crippen LogP contribution >= 0.6 is 0 Å². The quantitative estimate of drug-likeness (QED) is 0.844. The van der Waals surface area contributed by atoms with E-state index in [1.807, 2.05) is 0 Å². The van der Waals surface area contributed by atoms with Gasteiger partial charge in [-0.05, 0) is 55.5 Å². The van der Waals surface area contributed by atoms with Crippen LogP contribution in [0.5, 0.6) is 0 Å². The van der Waals surface area contributed by atoms with Gasteiger partial charge in [0.1, 0.15) is 0 Å². The van der Waals surface area contributed by atoms with Gasteiger partial charge in [-0.3, -0.25) is 4.79 Å². The first-order valence-electron chi connectivity index (χ1n) is 7.93. The van der Waals surface area contributed by atoms with Crippen molar-refractivity contribution in [1.82, 2.24) is 5.32 Å². The Hall–Kier alpha value is -1.55. The van der Waals surface area contributed by atoms with Crippen molar-refractivity contribution >= 4 is 11.6 Å². The van der Waals surface area contributed by atoms with Gasteiger partial charge in [-0.2, -0.15) is 0 Å². The summed E-state index contributed by atoms with van der Waals surface area (Å²) in [6, 6.07) is 6.72. The Bertz CT molecular complexity index is 479. The van der Waals surface area contributed by atoms with Crippen LogP contribution in [-0.4, -0.2) is 25.5 Å². The highest BCUT2D eigenvalue weighted by atomic mass is 16.1. The molecule has 1 aliphatic heterocycles. The average molecular weight is 289 g/mol. The lowest BCUT2D eigenvalue weighted by atomic mass is 9.93. The molecule has 0 saturated carbocycles. The van der Waals surface area contributed by atoms with E-state index in [0.29, 0.717) is 12.3 Å². The second-order valence-corrected chi connectivity index (χ2v) is 5.99. The molecule has 0 atom stereocenters. The van der Waals surface area contributed by atoms with E-state index in [2.05, 4.69) is 42.3 Å². The van der Waals surface area contributed by atoms with Gasteiger partial charge >= 0.3 is 0 Å². The standard InChI is InChI=1S/C17H27N3O/c1-3-19-12-15-4-5-16(10-13(15)2)20-8-6-14(7-9-20)11-17(18)21/h4-5,10,14,19H,3,6-9,11-12H2,1-2H3,(H2,18,21). The summed E-state index contributed by atoms with van der Waals surface area (Å²) in [4.78, 5) is 13.4. The second kappa shape index (κ2) is 7.46. The molecule has 1 aromatic carbocycles. The maximum Gasteiger partial charge on any atom is 0.217 e. The van der Waals surface area contributed by atoms with Crippen LogP contribution in [0.15, 0.2) is 18.2 Å². The van der Waals surface area contributed by atoms with Crippen LogP contribution in [0.2, 0.25) is 0 Å². The number of piperidine rings is 1. The van der Waals surface area contributed by atoms with Crippen molar-refractivity contribution in [3.05, 3.63) is 29.3 Å². The van der Waals surface area contributed by atoms with Gasteiger partial charge in [-0.25, -0.2) is 0 Å². The molecule has 1 aliphatic rings. The molecule has 1 aromatic rings. The van der Waals surface area contributed by atoms with Crippen molar-refractivity contribution in [3.8, 4) is 0 Å². The highest BCUT2D eigenvalue weighted by molar-refractivity contribution is 5.74. The van der Waals surface area contributed by atoms with Crippen LogP contribution in [0, 0.1) is 12.8 Å². The van der Waals surface area contributed by atoms with Crippen LogP contribution < -0.4 is 16.0 Å². The van der Waals surface area contributed by atoms with Crippen molar-refractivity contribution in [1.29, 1.82) is 0 Å². The number of primary amides is 1. The number of nitrogens with zero attached hydrogens (tertiary/aromatic N) is 1. The molecule has 21 heavy (non-hydrogen) atoms. The molecule has 0 bridgehead atoms. The number of amides is 1. The van der Waals surface area contributed by atoms with Gasteiger partial charge in [0.15, 0.2) is 0 Å². The minimum Gasteiger partial charge on any atom is -0.372 e. The Morgan fingerprint density at radius 2 is 2.10 bits per heavy atom. The zero-order valence-corrected chi connectivity index (χ0v) is 13.2. The first kappa shape index (κ1) is 15.8. The van der Waals surface area contributed by atoms with Gasteiger partial charge in [0.05, 0.1) is 0 Å². The molecular weight excluding hydrogens is 262 g/mol. The predicted octanol–water partition coefficient (Wildman–Crippen LogP) is 2.20. The third kappa shape index (κ3) is 4.46. The zero-order valence-electron chi connectivity index (χ0n) is 13.2. The number of carbonyl (C=O) groups excluding carboxylic acids is 1. The maximum atomic E-state index is 11.0. The fourth-order valence-corrected chi connectivity index (χ4v) is 3.01. The summed E-state index contributed by atoms with van der Waals surface area (Å²) >= 11 is 0. The molecule has 4 heteroatoms. The largest absolute Gasteiger partial charge is 0.372 e. The molecule has 4 nitrogen and oxygen atoms in total. The third-order valence-electron chi connectivity index (χ3n) is 4.36. The normalized spacial score (nSPS) is 16.2. The second-order valence-electron chi connectivity index (χ2n) is 5.99. The molecule has 1 fully saturated rings. The number of nitrogens with one attached hydrogen (secondary N) is 1. The molecule has 3 N–H and O–H groups in total. The monoisotopic (exact) mass is 289 g/mol. The number of benzene rings is 1. The fraction of sp³-hybridized carbons (Fsp3) is 0.588. The molecule has 0 spiro atoms. The molecular formula is C17H27N3O. The number of rotatable bonds is 6. The predicted molar refractivity (Wildman–Crippen MR) is 87.3 cm³/mol. The van der Waals surface area contributed by atoms with E-state index >= 15 is 0 Å². The van der Waals surface area contributed by atoms with E-state index in [0.717, 1.165) is 39.0 Å². The molecule has 1 saturated heterocycles.